The summed E-state index contributed by atoms with van der Waals surface area (Å²) in [6.07, 6.45) is 0.326. The minimum absolute atomic E-state index is 0.0904. The number of hydrogen-bond donors (Lipinski definition) is 1. The minimum Gasteiger partial charge on any atom is -0.458 e. The Kier molecular flexibility index (Phi) is 6.58. The number of amides is 1. The average Bonchev–Trinajstić information content (AvgIpc) is 2.60. The molecule has 0 bridgehead atoms. The first-order chi connectivity index (χ1) is 11.6. The van der Waals surface area contributed by atoms with Gasteiger partial charge >= 0.3 is 5.97 Å². The zero-order chi connectivity index (χ0) is 17.4. The van der Waals surface area contributed by atoms with Crippen molar-refractivity contribution >= 4 is 23.5 Å². The lowest BCUT2D eigenvalue weighted by atomic mass is 10.1. The van der Waals surface area contributed by atoms with Crippen LogP contribution >= 0.6 is 11.6 Å². The average molecular weight is 344 g/mol. The molecule has 2 aromatic carbocycles. The van der Waals surface area contributed by atoms with E-state index in [-0.39, 0.29) is 17.5 Å². The lowest BCUT2D eigenvalue weighted by molar-refractivity contribution is -0.144. The molecular weight excluding hydrogens is 326 g/mol. The summed E-state index contributed by atoms with van der Waals surface area (Å²) in [4.78, 5) is 24.6. The molecule has 0 aliphatic heterocycles. The fraction of sp³-hybridized carbons (Fsp3) is 0.158. The first kappa shape index (κ1) is 17.8. The van der Waals surface area contributed by atoms with Crippen LogP contribution in [-0.2, 0) is 16.0 Å². The summed E-state index contributed by atoms with van der Waals surface area (Å²) in [6.45, 7) is 3.39. The zero-order valence-corrected chi connectivity index (χ0v) is 13.8. The maximum absolute atomic E-state index is 12.3. The molecule has 0 aromatic heterocycles. The van der Waals surface area contributed by atoms with Crippen LogP contribution in [0.15, 0.2) is 72.3 Å². The van der Waals surface area contributed by atoms with Crippen LogP contribution in [0.3, 0.4) is 0 Å². The molecule has 1 unspecified atom stereocenters. The van der Waals surface area contributed by atoms with Crippen molar-refractivity contribution in [2.45, 2.75) is 12.5 Å². The van der Waals surface area contributed by atoms with Gasteiger partial charge < -0.3 is 10.1 Å². The molecule has 24 heavy (non-hydrogen) atoms. The highest BCUT2D eigenvalue weighted by molar-refractivity contribution is 6.29. The Morgan fingerprint density at radius 1 is 1.04 bits per heavy atom. The second kappa shape index (κ2) is 8.89. The number of esters is 1. The molecule has 5 heteroatoms. The van der Waals surface area contributed by atoms with Crippen molar-refractivity contribution in [1.29, 1.82) is 0 Å². The summed E-state index contributed by atoms with van der Waals surface area (Å²) in [6, 6.07) is 17.3. The van der Waals surface area contributed by atoms with Crippen LogP contribution < -0.4 is 5.32 Å². The molecule has 0 aliphatic carbocycles. The van der Waals surface area contributed by atoms with Crippen LogP contribution in [0, 0.1) is 0 Å². The lowest BCUT2D eigenvalue weighted by Gasteiger charge is -2.18. The highest BCUT2D eigenvalue weighted by atomic mass is 35.5. The third-order valence-corrected chi connectivity index (χ3v) is 3.39. The quantitative estimate of drug-likeness (QED) is 0.785. The summed E-state index contributed by atoms with van der Waals surface area (Å²) in [5.41, 5.74) is 1.39. The predicted octanol–water partition coefficient (Wildman–Crippen LogP) is 3.32. The summed E-state index contributed by atoms with van der Waals surface area (Å²) >= 11 is 5.63. The Morgan fingerprint density at radius 2 is 1.62 bits per heavy atom. The number of rotatable bonds is 7. The Hall–Kier alpha value is -2.59. The van der Waals surface area contributed by atoms with Crippen LogP contribution in [0.25, 0.3) is 0 Å². The zero-order valence-electron chi connectivity index (χ0n) is 13.1. The first-order valence-electron chi connectivity index (χ1n) is 7.46. The molecule has 0 aliphatic rings. The molecule has 1 atom stereocenters. The second-order valence-corrected chi connectivity index (χ2v) is 5.74. The summed E-state index contributed by atoms with van der Waals surface area (Å²) in [5, 5.41) is 2.94. The number of halogens is 1. The third kappa shape index (κ3) is 5.56. The topological polar surface area (TPSA) is 55.4 Å². The highest BCUT2D eigenvalue weighted by Crippen LogP contribution is 2.08. The molecule has 1 amide bonds. The van der Waals surface area contributed by atoms with Gasteiger partial charge in [0.25, 0.3) is 5.91 Å². The summed E-state index contributed by atoms with van der Waals surface area (Å²) in [5.74, 6) is -0.886. The largest absolute Gasteiger partial charge is 0.458 e. The standard InChI is InChI=1S/C19H18ClNO3/c1-14(20)13-24-19(23)17(12-15-8-4-2-5-9-15)21-18(22)16-10-6-3-7-11-16/h2-11,17H,1,12-13H2,(H,21,22). The molecule has 0 radical (unpaired) electrons. The minimum atomic E-state index is -0.809. The highest BCUT2D eigenvalue weighted by Gasteiger charge is 2.23. The Balaban J connectivity index is 2.11. The SMILES string of the molecule is C=C(Cl)COC(=O)C(Cc1ccccc1)NC(=O)c1ccccc1. The molecule has 2 rings (SSSR count). The van der Waals surface area contributed by atoms with Gasteiger partial charge in [-0.1, -0.05) is 66.7 Å². The van der Waals surface area contributed by atoms with Crippen molar-refractivity contribution in [2.24, 2.45) is 0 Å². The summed E-state index contributed by atoms with van der Waals surface area (Å²) < 4.78 is 5.09. The van der Waals surface area contributed by atoms with Gasteiger partial charge in [-0.25, -0.2) is 4.79 Å². The molecule has 4 nitrogen and oxygen atoms in total. The van der Waals surface area contributed by atoms with Gasteiger partial charge in [-0.2, -0.15) is 0 Å². The molecule has 2 aromatic rings. The van der Waals surface area contributed by atoms with E-state index in [9.17, 15) is 9.59 Å². The molecule has 0 spiro atoms. The maximum Gasteiger partial charge on any atom is 0.329 e. The Bertz CT molecular complexity index is 701. The molecule has 0 fully saturated rings. The van der Waals surface area contributed by atoms with E-state index in [0.717, 1.165) is 5.56 Å². The molecule has 1 N–H and O–H groups in total. The number of nitrogens with one attached hydrogen (secondary N) is 1. The van der Waals surface area contributed by atoms with Gasteiger partial charge in [0.05, 0.1) is 0 Å². The van der Waals surface area contributed by atoms with Gasteiger partial charge in [0, 0.05) is 17.0 Å². The van der Waals surface area contributed by atoms with E-state index < -0.39 is 12.0 Å². The molecular formula is C19H18ClNO3. The van der Waals surface area contributed by atoms with Crippen LogP contribution in [0.2, 0.25) is 0 Å². The van der Waals surface area contributed by atoms with Crippen LogP contribution in [-0.4, -0.2) is 24.5 Å². The fourth-order valence-corrected chi connectivity index (χ4v) is 2.18. The van der Waals surface area contributed by atoms with Crippen molar-refractivity contribution in [2.75, 3.05) is 6.61 Å². The van der Waals surface area contributed by atoms with Crippen molar-refractivity contribution in [1.82, 2.24) is 5.32 Å². The van der Waals surface area contributed by atoms with E-state index >= 15 is 0 Å². The van der Waals surface area contributed by atoms with E-state index in [0.29, 0.717) is 12.0 Å². The number of ether oxygens (including phenoxy) is 1. The predicted molar refractivity (Wildman–Crippen MR) is 93.8 cm³/mol. The number of benzene rings is 2. The number of carbonyl (C=O) groups is 2. The lowest BCUT2D eigenvalue weighted by Crippen LogP contribution is -2.43. The molecule has 0 saturated heterocycles. The Morgan fingerprint density at radius 3 is 2.21 bits per heavy atom. The second-order valence-electron chi connectivity index (χ2n) is 5.21. The molecule has 0 heterocycles. The smallest absolute Gasteiger partial charge is 0.329 e. The molecule has 0 saturated carbocycles. The van der Waals surface area contributed by atoms with Gasteiger partial charge in [-0.3, -0.25) is 4.79 Å². The van der Waals surface area contributed by atoms with Crippen molar-refractivity contribution in [3.05, 3.63) is 83.4 Å². The van der Waals surface area contributed by atoms with E-state index in [1.165, 1.54) is 0 Å². The van der Waals surface area contributed by atoms with Gasteiger partial charge in [-0.15, -0.1) is 0 Å². The van der Waals surface area contributed by atoms with Gasteiger partial charge in [0.2, 0.25) is 0 Å². The van der Waals surface area contributed by atoms with E-state index in [4.69, 9.17) is 16.3 Å². The summed E-state index contributed by atoms with van der Waals surface area (Å²) in [7, 11) is 0. The Labute approximate surface area is 146 Å². The number of carbonyl (C=O) groups excluding carboxylic acids is 2. The molecule has 124 valence electrons. The van der Waals surface area contributed by atoms with Gasteiger partial charge in [0.1, 0.15) is 12.6 Å². The fourth-order valence-electron chi connectivity index (χ4n) is 2.12. The van der Waals surface area contributed by atoms with Crippen LogP contribution in [0.4, 0.5) is 0 Å². The maximum atomic E-state index is 12.3. The van der Waals surface area contributed by atoms with E-state index in [1.807, 2.05) is 36.4 Å². The first-order valence-corrected chi connectivity index (χ1v) is 7.84. The third-order valence-electron chi connectivity index (χ3n) is 3.28. The van der Waals surface area contributed by atoms with Crippen molar-refractivity contribution in [3.8, 4) is 0 Å². The van der Waals surface area contributed by atoms with Gasteiger partial charge in [0.15, 0.2) is 0 Å². The van der Waals surface area contributed by atoms with Crippen LogP contribution in [0.5, 0.6) is 0 Å². The van der Waals surface area contributed by atoms with Crippen molar-refractivity contribution in [3.63, 3.8) is 0 Å². The van der Waals surface area contributed by atoms with E-state index in [2.05, 4.69) is 11.9 Å². The number of hydrogen-bond acceptors (Lipinski definition) is 3. The van der Waals surface area contributed by atoms with Crippen molar-refractivity contribution < 1.29 is 14.3 Å². The van der Waals surface area contributed by atoms with Gasteiger partial charge in [-0.05, 0) is 17.7 Å². The normalized spacial score (nSPS) is 11.4. The van der Waals surface area contributed by atoms with Crippen LogP contribution in [0.1, 0.15) is 15.9 Å². The van der Waals surface area contributed by atoms with E-state index in [1.54, 1.807) is 24.3 Å². The monoisotopic (exact) mass is 343 g/mol.